The number of urea groups is 1. The number of nitrogens with zero attached hydrogens (tertiary/aromatic N) is 4. The SMILES string of the molecule is COc1ccc2cc(C(=O)N3CCN(C(=O)N4CC5CC(C4)[C@H]4CCCC(=O)N4C5)CC3)[nH]c2c1. The Bertz CT molecular complexity index is 1150. The van der Waals surface area contributed by atoms with Crippen molar-refractivity contribution >= 4 is 28.7 Å². The molecule has 9 heteroatoms. The molecule has 9 nitrogen and oxygen atoms in total. The number of carbonyl (C=O) groups excluding carboxylic acids is 3. The average molecular weight is 480 g/mol. The zero-order valence-corrected chi connectivity index (χ0v) is 20.2. The lowest BCUT2D eigenvalue weighted by molar-refractivity contribution is -0.144. The Kier molecular flexibility index (Phi) is 5.57. The lowest BCUT2D eigenvalue weighted by Crippen LogP contribution is -2.63. The predicted molar refractivity (Wildman–Crippen MR) is 130 cm³/mol. The minimum absolute atomic E-state index is 0.0400. The van der Waals surface area contributed by atoms with Gasteiger partial charge in [0.15, 0.2) is 0 Å². The first-order chi connectivity index (χ1) is 17.0. The first-order valence-electron chi connectivity index (χ1n) is 12.8. The number of hydrogen-bond acceptors (Lipinski definition) is 4. The third kappa shape index (κ3) is 4.00. The summed E-state index contributed by atoms with van der Waals surface area (Å²) >= 11 is 0. The highest BCUT2D eigenvalue weighted by molar-refractivity contribution is 5.98. The highest BCUT2D eigenvalue weighted by atomic mass is 16.5. The summed E-state index contributed by atoms with van der Waals surface area (Å²) in [5.74, 6) is 1.77. The van der Waals surface area contributed by atoms with E-state index in [-0.39, 0.29) is 11.9 Å². The number of benzene rings is 1. The molecule has 3 atom stereocenters. The molecule has 0 radical (unpaired) electrons. The quantitative estimate of drug-likeness (QED) is 0.716. The number of hydrogen-bond donors (Lipinski definition) is 1. The number of rotatable bonds is 2. The fourth-order valence-corrected chi connectivity index (χ4v) is 6.59. The van der Waals surface area contributed by atoms with Crippen molar-refractivity contribution in [2.75, 3.05) is 52.9 Å². The summed E-state index contributed by atoms with van der Waals surface area (Å²) in [6, 6.07) is 7.97. The van der Waals surface area contributed by atoms with E-state index in [1.807, 2.05) is 39.0 Å². The summed E-state index contributed by atoms with van der Waals surface area (Å²) in [6.07, 6.45) is 3.83. The first-order valence-corrected chi connectivity index (χ1v) is 12.8. The Hall–Kier alpha value is -3.23. The van der Waals surface area contributed by atoms with Gasteiger partial charge in [-0.05, 0) is 49.3 Å². The topological polar surface area (TPSA) is 89.2 Å². The molecule has 0 saturated carbocycles. The number of aromatic nitrogens is 1. The van der Waals surface area contributed by atoms with Crippen molar-refractivity contribution < 1.29 is 19.1 Å². The lowest BCUT2D eigenvalue weighted by atomic mass is 9.76. The van der Waals surface area contributed by atoms with Crippen LogP contribution >= 0.6 is 0 Å². The Morgan fingerprint density at radius 2 is 1.80 bits per heavy atom. The fourth-order valence-electron chi connectivity index (χ4n) is 6.59. The number of H-pyrrole nitrogens is 1. The van der Waals surface area contributed by atoms with Crippen molar-refractivity contribution in [2.24, 2.45) is 11.8 Å². The maximum absolute atomic E-state index is 13.4. The molecule has 5 heterocycles. The van der Waals surface area contributed by atoms with Crippen LogP contribution in [0.5, 0.6) is 5.75 Å². The summed E-state index contributed by atoms with van der Waals surface area (Å²) < 4.78 is 5.27. The second kappa shape index (κ2) is 8.77. The predicted octanol–water partition coefficient (Wildman–Crippen LogP) is 2.39. The molecule has 6 rings (SSSR count). The van der Waals surface area contributed by atoms with E-state index < -0.39 is 0 Å². The van der Waals surface area contributed by atoms with Gasteiger partial charge < -0.3 is 29.3 Å². The summed E-state index contributed by atoms with van der Waals surface area (Å²) in [7, 11) is 1.62. The molecule has 2 unspecified atom stereocenters. The van der Waals surface area contributed by atoms with E-state index in [1.54, 1.807) is 7.11 Å². The number of piperazine rings is 1. The molecule has 2 bridgehead atoms. The zero-order chi connectivity index (χ0) is 24.1. The van der Waals surface area contributed by atoms with Crippen molar-refractivity contribution in [3.63, 3.8) is 0 Å². The highest BCUT2D eigenvalue weighted by Crippen LogP contribution is 2.38. The highest BCUT2D eigenvalue weighted by Gasteiger charge is 2.45. The summed E-state index contributed by atoms with van der Waals surface area (Å²) in [6.45, 7) is 4.38. The number of ether oxygens (including phenoxy) is 1. The number of carbonyl (C=O) groups is 3. The minimum atomic E-state index is -0.0400. The van der Waals surface area contributed by atoms with Crippen LogP contribution in [-0.4, -0.2) is 101 Å². The molecule has 186 valence electrons. The summed E-state index contributed by atoms with van der Waals surface area (Å²) in [4.78, 5) is 49.9. The van der Waals surface area contributed by atoms with E-state index in [0.717, 1.165) is 55.5 Å². The number of piperidine rings is 3. The van der Waals surface area contributed by atoms with Crippen LogP contribution in [0, 0.1) is 11.8 Å². The molecule has 35 heavy (non-hydrogen) atoms. The van der Waals surface area contributed by atoms with Gasteiger partial charge >= 0.3 is 6.03 Å². The first kappa shape index (κ1) is 22.2. The van der Waals surface area contributed by atoms with Crippen LogP contribution < -0.4 is 4.74 Å². The van der Waals surface area contributed by atoms with E-state index in [4.69, 9.17) is 4.74 Å². The molecule has 0 aliphatic carbocycles. The van der Waals surface area contributed by atoms with E-state index in [9.17, 15) is 14.4 Å². The standard InChI is InChI=1S/C26H33N5O4/c1-35-20-6-5-18-12-22(27-21(18)13-20)25(33)28-7-9-29(10-8-28)26(34)30-14-17-11-19(16-30)23-3-2-4-24(32)31(23)15-17/h5-6,12-13,17,19,23,27H,2-4,7-11,14-16H2,1H3/t17?,19?,23-/m1/s1. The molecule has 4 amide bonds. The molecule has 1 N–H and O–H groups in total. The molecule has 4 saturated heterocycles. The fraction of sp³-hybridized carbons (Fsp3) is 0.577. The maximum atomic E-state index is 13.4. The van der Waals surface area contributed by atoms with E-state index in [0.29, 0.717) is 62.1 Å². The van der Waals surface area contributed by atoms with Crippen LogP contribution in [0.1, 0.15) is 36.2 Å². The zero-order valence-electron chi connectivity index (χ0n) is 20.2. The molecule has 1 aromatic carbocycles. The van der Waals surface area contributed by atoms with Crippen molar-refractivity contribution in [2.45, 2.75) is 31.7 Å². The molecular weight excluding hydrogens is 446 g/mol. The second-order valence-corrected chi connectivity index (χ2v) is 10.5. The molecule has 4 fully saturated rings. The van der Waals surface area contributed by atoms with Crippen LogP contribution in [0.3, 0.4) is 0 Å². The number of amides is 4. The average Bonchev–Trinajstić information content (AvgIpc) is 3.32. The van der Waals surface area contributed by atoms with Crippen LogP contribution in [0.2, 0.25) is 0 Å². The van der Waals surface area contributed by atoms with Crippen LogP contribution in [0.4, 0.5) is 4.79 Å². The summed E-state index contributed by atoms with van der Waals surface area (Å²) in [5, 5.41) is 0.969. The maximum Gasteiger partial charge on any atom is 0.320 e. The number of fused-ring (bicyclic) bond motifs is 5. The van der Waals surface area contributed by atoms with Crippen LogP contribution in [-0.2, 0) is 4.79 Å². The third-order valence-corrected chi connectivity index (χ3v) is 8.35. The van der Waals surface area contributed by atoms with Crippen molar-refractivity contribution in [1.29, 1.82) is 0 Å². The van der Waals surface area contributed by atoms with Crippen molar-refractivity contribution in [3.05, 3.63) is 30.0 Å². The van der Waals surface area contributed by atoms with Gasteiger partial charge in [0.1, 0.15) is 11.4 Å². The minimum Gasteiger partial charge on any atom is -0.497 e. The van der Waals surface area contributed by atoms with Gasteiger partial charge in [0, 0.05) is 75.2 Å². The largest absolute Gasteiger partial charge is 0.497 e. The molecule has 0 spiro atoms. The number of nitrogens with one attached hydrogen (secondary N) is 1. The molecule has 4 aliphatic heterocycles. The van der Waals surface area contributed by atoms with Crippen LogP contribution in [0.25, 0.3) is 10.9 Å². The lowest BCUT2D eigenvalue weighted by Gasteiger charge is -2.53. The Balaban J connectivity index is 1.07. The summed E-state index contributed by atoms with van der Waals surface area (Å²) in [5.41, 5.74) is 1.43. The van der Waals surface area contributed by atoms with Gasteiger partial charge in [-0.25, -0.2) is 4.79 Å². The number of methoxy groups -OCH3 is 1. The smallest absolute Gasteiger partial charge is 0.320 e. The Morgan fingerprint density at radius 1 is 1.00 bits per heavy atom. The van der Waals surface area contributed by atoms with Crippen LogP contribution in [0.15, 0.2) is 24.3 Å². The van der Waals surface area contributed by atoms with Gasteiger partial charge in [-0.1, -0.05) is 0 Å². The van der Waals surface area contributed by atoms with E-state index in [2.05, 4.69) is 9.88 Å². The normalized spacial score (nSPS) is 26.7. The van der Waals surface area contributed by atoms with Crippen molar-refractivity contribution in [1.82, 2.24) is 24.6 Å². The Labute approximate surface area is 205 Å². The van der Waals surface area contributed by atoms with Gasteiger partial charge in [0.2, 0.25) is 5.91 Å². The van der Waals surface area contributed by atoms with Gasteiger partial charge in [0.25, 0.3) is 5.91 Å². The molecular formula is C26H33N5O4. The molecule has 1 aromatic heterocycles. The van der Waals surface area contributed by atoms with E-state index >= 15 is 0 Å². The third-order valence-electron chi connectivity index (χ3n) is 8.35. The Morgan fingerprint density at radius 3 is 2.60 bits per heavy atom. The number of likely N-dealkylation sites (tertiary alicyclic amines) is 1. The van der Waals surface area contributed by atoms with Gasteiger partial charge in [-0.3, -0.25) is 9.59 Å². The molecule has 2 aromatic rings. The van der Waals surface area contributed by atoms with Gasteiger partial charge in [-0.2, -0.15) is 0 Å². The van der Waals surface area contributed by atoms with Gasteiger partial charge in [0.05, 0.1) is 7.11 Å². The molecule has 4 aliphatic rings. The van der Waals surface area contributed by atoms with E-state index in [1.165, 1.54) is 0 Å². The number of aromatic amines is 1. The monoisotopic (exact) mass is 479 g/mol. The van der Waals surface area contributed by atoms with Crippen molar-refractivity contribution in [3.8, 4) is 5.75 Å². The second-order valence-electron chi connectivity index (χ2n) is 10.5. The van der Waals surface area contributed by atoms with Gasteiger partial charge in [-0.15, -0.1) is 0 Å².